The molecule has 0 aromatic carbocycles. The Morgan fingerprint density at radius 2 is 2.13 bits per heavy atom. The van der Waals surface area contributed by atoms with Crippen LogP contribution in [0.1, 0.15) is 17.5 Å². The van der Waals surface area contributed by atoms with Gasteiger partial charge < -0.3 is 21.3 Å². The van der Waals surface area contributed by atoms with Crippen LogP contribution >= 0.6 is 0 Å². The second kappa shape index (κ2) is 5.06. The summed E-state index contributed by atoms with van der Waals surface area (Å²) in [6, 6.07) is 3.29. The van der Waals surface area contributed by atoms with Gasteiger partial charge in [0, 0.05) is 6.54 Å². The molecule has 0 bridgehead atoms. The molecule has 1 rings (SSSR count). The normalized spacial score (nSPS) is 14.9. The largest absolute Gasteiger partial charge is 0.397 e. The van der Waals surface area contributed by atoms with Crippen molar-refractivity contribution < 1.29 is 10.2 Å². The monoisotopic (exact) mass is 211 g/mol. The molecule has 0 fully saturated rings. The van der Waals surface area contributed by atoms with Gasteiger partial charge >= 0.3 is 0 Å². The van der Waals surface area contributed by atoms with Gasteiger partial charge in [0.1, 0.15) is 6.10 Å². The molecule has 5 N–H and O–H groups in total. The Morgan fingerprint density at radius 3 is 2.67 bits per heavy atom. The maximum Gasteiger partial charge on any atom is 0.123 e. The number of nitrogens with one attached hydrogen (secondary N) is 1. The van der Waals surface area contributed by atoms with E-state index in [0.29, 0.717) is 23.6 Å². The molecule has 0 amide bonds. The van der Waals surface area contributed by atoms with Crippen LogP contribution in [0.3, 0.4) is 0 Å². The maximum absolute atomic E-state index is 9.74. The van der Waals surface area contributed by atoms with Gasteiger partial charge in [0.05, 0.1) is 23.2 Å². The molecule has 0 saturated carbocycles. The van der Waals surface area contributed by atoms with Gasteiger partial charge in [-0.1, -0.05) is 0 Å². The smallest absolute Gasteiger partial charge is 0.123 e. The molecule has 0 spiro atoms. The number of aromatic nitrogens is 1. The van der Waals surface area contributed by atoms with Crippen LogP contribution in [0.15, 0.2) is 12.1 Å². The van der Waals surface area contributed by atoms with E-state index in [4.69, 9.17) is 5.73 Å². The molecule has 5 heteroatoms. The van der Waals surface area contributed by atoms with E-state index < -0.39 is 12.2 Å². The van der Waals surface area contributed by atoms with Gasteiger partial charge in [-0.2, -0.15) is 0 Å². The molecule has 0 aliphatic carbocycles. The highest BCUT2D eigenvalue weighted by atomic mass is 16.3. The first-order valence-electron chi connectivity index (χ1n) is 4.80. The van der Waals surface area contributed by atoms with Crippen LogP contribution in [0.4, 0.5) is 5.69 Å². The fraction of sp³-hybridized carbons (Fsp3) is 0.500. The Morgan fingerprint density at radius 1 is 1.47 bits per heavy atom. The highest BCUT2D eigenvalue weighted by molar-refractivity contribution is 5.42. The molecule has 1 aromatic rings. The third-order valence-corrected chi connectivity index (χ3v) is 2.23. The van der Waals surface area contributed by atoms with Crippen molar-refractivity contribution in [3.63, 3.8) is 0 Å². The van der Waals surface area contributed by atoms with E-state index in [1.54, 1.807) is 26.1 Å². The summed E-state index contributed by atoms with van der Waals surface area (Å²) in [5.74, 6) is 0. The number of hydrogen-bond acceptors (Lipinski definition) is 5. The summed E-state index contributed by atoms with van der Waals surface area (Å²) in [5.41, 5.74) is 7.27. The quantitative estimate of drug-likeness (QED) is 0.543. The zero-order valence-electron chi connectivity index (χ0n) is 8.94. The fourth-order valence-corrected chi connectivity index (χ4v) is 1.27. The molecule has 84 valence electrons. The van der Waals surface area contributed by atoms with Crippen LogP contribution < -0.4 is 11.1 Å². The van der Waals surface area contributed by atoms with Crippen molar-refractivity contribution >= 4 is 5.69 Å². The molecule has 5 nitrogen and oxygen atoms in total. The van der Waals surface area contributed by atoms with E-state index >= 15 is 0 Å². The topological polar surface area (TPSA) is 91.4 Å². The van der Waals surface area contributed by atoms with E-state index in [9.17, 15) is 10.2 Å². The summed E-state index contributed by atoms with van der Waals surface area (Å²) < 4.78 is 0. The Labute approximate surface area is 89.0 Å². The number of aryl methyl sites for hydroxylation is 1. The molecular formula is C10H17N3O2. The fourth-order valence-electron chi connectivity index (χ4n) is 1.27. The first kappa shape index (κ1) is 11.9. The minimum absolute atomic E-state index is 0.312. The van der Waals surface area contributed by atoms with Crippen molar-refractivity contribution in [2.24, 2.45) is 0 Å². The number of rotatable bonds is 4. The van der Waals surface area contributed by atoms with Gasteiger partial charge in [-0.3, -0.25) is 4.98 Å². The van der Waals surface area contributed by atoms with E-state index in [2.05, 4.69) is 10.3 Å². The SMILES string of the molecule is CNCC(O)C(O)c1ccc(N)c(C)n1. The lowest BCUT2D eigenvalue weighted by molar-refractivity contribution is 0.0176. The van der Waals surface area contributed by atoms with Crippen molar-refractivity contribution in [1.82, 2.24) is 10.3 Å². The van der Waals surface area contributed by atoms with Crippen LogP contribution in [0.5, 0.6) is 0 Å². The number of nitrogens with two attached hydrogens (primary N) is 1. The summed E-state index contributed by atoms with van der Waals surface area (Å²) in [5, 5.41) is 22.1. The lowest BCUT2D eigenvalue weighted by Gasteiger charge is -2.17. The Kier molecular flexibility index (Phi) is 4.02. The summed E-state index contributed by atoms with van der Waals surface area (Å²) in [7, 11) is 1.71. The zero-order chi connectivity index (χ0) is 11.4. The van der Waals surface area contributed by atoms with Crippen molar-refractivity contribution in [2.75, 3.05) is 19.3 Å². The minimum Gasteiger partial charge on any atom is -0.397 e. The standard InChI is InChI=1S/C10H17N3O2/c1-6-7(11)3-4-8(13-6)10(15)9(14)5-12-2/h3-4,9-10,12,14-15H,5,11H2,1-2H3. The first-order chi connectivity index (χ1) is 7.06. The second-order valence-corrected chi connectivity index (χ2v) is 3.48. The van der Waals surface area contributed by atoms with Crippen LogP contribution in [0.25, 0.3) is 0 Å². The predicted octanol–water partition coefficient (Wildman–Crippen LogP) is -0.414. The Hall–Kier alpha value is -1.17. The molecule has 2 unspecified atom stereocenters. The maximum atomic E-state index is 9.74. The zero-order valence-corrected chi connectivity index (χ0v) is 8.94. The average Bonchev–Trinajstić information content (AvgIpc) is 2.21. The van der Waals surface area contributed by atoms with E-state index in [0.717, 1.165) is 0 Å². The molecule has 0 saturated heterocycles. The van der Waals surface area contributed by atoms with Crippen molar-refractivity contribution in [2.45, 2.75) is 19.1 Å². The third-order valence-electron chi connectivity index (χ3n) is 2.23. The summed E-state index contributed by atoms with van der Waals surface area (Å²) >= 11 is 0. The van der Waals surface area contributed by atoms with Crippen molar-refractivity contribution in [1.29, 1.82) is 0 Å². The molecule has 15 heavy (non-hydrogen) atoms. The summed E-state index contributed by atoms with van der Waals surface area (Å²) in [6.07, 6.45) is -1.86. The number of pyridine rings is 1. The predicted molar refractivity (Wildman–Crippen MR) is 58.3 cm³/mol. The van der Waals surface area contributed by atoms with Gasteiger partial charge in [0.25, 0.3) is 0 Å². The Balaban J connectivity index is 2.81. The second-order valence-electron chi connectivity index (χ2n) is 3.48. The Bertz CT molecular complexity index is 330. The number of nitrogens with zero attached hydrogens (tertiary/aromatic N) is 1. The minimum atomic E-state index is -0.989. The van der Waals surface area contributed by atoms with E-state index in [1.165, 1.54) is 0 Å². The lowest BCUT2D eigenvalue weighted by Crippen LogP contribution is -2.30. The van der Waals surface area contributed by atoms with Crippen LogP contribution in [-0.2, 0) is 0 Å². The van der Waals surface area contributed by atoms with Crippen LogP contribution in [0.2, 0.25) is 0 Å². The van der Waals surface area contributed by atoms with Crippen molar-refractivity contribution in [3.8, 4) is 0 Å². The van der Waals surface area contributed by atoms with Gasteiger partial charge in [-0.15, -0.1) is 0 Å². The molecule has 1 heterocycles. The van der Waals surface area contributed by atoms with Crippen LogP contribution in [0, 0.1) is 6.92 Å². The molecule has 0 radical (unpaired) electrons. The first-order valence-corrected chi connectivity index (χ1v) is 4.80. The van der Waals surface area contributed by atoms with E-state index in [-0.39, 0.29) is 0 Å². The number of hydrogen-bond donors (Lipinski definition) is 4. The third kappa shape index (κ3) is 2.89. The number of aliphatic hydroxyl groups excluding tert-OH is 2. The number of aliphatic hydroxyl groups is 2. The van der Waals surface area contributed by atoms with Crippen LogP contribution in [-0.4, -0.2) is 34.9 Å². The molecule has 0 aliphatic rings. The molecule has 2 atom stereocenters. The van der Waals surface area contributed by atoms with Gasteiger partial charge in [-0.25, -0.2) is 0 Å². The number of anilines is 1. The molecule has 0 aliphatic heterocycles. The van der Waals surface area contributed by atoms with Gasteiger partial charge in [0.2, 0.25) is 0 Å². The summed E-state index contributed by atoms with van der Waals surface area (Å²) in [6.45, 7) is 2.07. The van der Waals surface area contributed by atoms with Crippen molar-refractivity contribution in [3.05, 3.63) is 23.5 Å². The van der Waals surface area contributed by atoms with E-state index in [1.807, 2.05) is 0 Å². The van der Waals surface area contributed by atoms with Gasteiger partial charge in [0.15, 0.2) is 0 Å². The average molecular weight is 211 g/mol. The highest BCUT2D eigenvalue weighted by Crippen LogP contribution is 2.17. The number of likely N-dealkylation sites (N-methyl/N-ethyl adjacent to an activating group) is 1. The number of nitrogen functional groups attached to an aromatic ring is 1. The molecule has 1 aromatic heterocycles. The summed E-state index contributed by atoms with van der Waals surface area (Å²) in [4.78, 5) is 4.11. The highest BCUT2D eigenvalue weighted by Gasteiger charge is 2.19. The molecular weight excluding hydrogens is 194 g/mol. The van der Waals surface area contributed by atoms with Gasteiger partial charge in [-0.05, 0) is 26.1 Å². The lowest BCUT2D eigenvalue weighted by atomic mass is 10.1.